The Bertz CT molecular complexity index is 1240. The van der Waals surface area contributed by atoms with E-state index in [1.54, 1.807) is 0 Å². The molecule has 0 bridgehead atoms. The summed E-state index contributed by atoms with van der Waals surface area (Å²) in [6, 6.07) is 17.9. The fourth-order valence-corrected chi connectivity index (χ4v) is 4.15. The lowest BCUT2D eigenvalue weighted by molar-refractivity contribution is -0.384. The fraction of sp³-hybridized carbons (Fsp3) is 0.200. The maximum Gasteiger partial charge on any atom is 0.295 e. The number of carbonyl (C=O) groups is 2. The average molecular weight is 430 g/mol. The number of carbonyl (C=O) groups excluding carboxylic acids is 2. The lowest BCUT2D eigenvalue weighted by Crippen LogP contribution is -2.30. The summed E-state index contributed by atoms with van der Waals surface area (Å²) in [5, 5.41) is 23.9. The highest BCUT2D eigenvalue weighted by Gasteiger charge is 2.46. The SMILES string of the molecule is CCCCN1C(=O)C(=O)/C(=C(\O)c2ccc([N+](=O)[O-])cc2)C1c1cccc2ccccc12. The number of Topliss-reactive ketones (excluding diaryl/α,β-unsaturated/α-hetero) is 1. The van der Waals surface area contributed by atoms with E-state index in [2.05, 4.69) is 0 Å². The van der Waals surface area contributed by atoms with Crippen LogP contribution in [-0.2, 0) is 9.59 Å². The second kappa shape index (κ2) is 8.63. The molecule has 1 N–H and O–H groups in total. The number of nitrogens with zero attached hydrogens (tertiary/aromatic N) is 2. The van der Waals surface area contributed by atoms with Crippen LogP contribution in [0.15, 0.2) is 72.3 Å². The van der Waals surface area contributed by atoms with Crippen molar-refractivity contribution in [2.75, 3.05) is 6.54 Å². The third-order valence-electron chi connectivity index (χ3n) is 5.76. The number of hydrogen-bond acceptors (Lipinski definition) is 5. The van der Waals surface area contributed by atoms with Gasteiger partial charge in [-0.25, -0.2) is 0 Å². The molecule has 32 heavy (non-hydrogen) atoms. The normalized spacial score (nSPS) is 17.8. The number of amides is 1. The van der Waals surface area contributed by atoms with Gasteiger partial charge in [0.15, 0.2) is 0 Å². The first-order valence-electron chi connectivity index (χ1n) is 10.4. The molecule has 1 unspecified atom stereocenters. The summed E-state index contributed by atoms with van der Waals surface area (Å²) in [7, 11) is 0. The molecule has 4 rings (SSSR count). The summed E-state index contributed by atoms with van der Waals surface area (Å²) >= 11 is 0. The lowest BCUT2D eigenvalue weighted by Gasteiger charge is -2.26. The Hall–Kier alpha value is -4.00. The van der Waals surface area contributed by atoms with Crippen LogP contribution in [0.2, 0.25) is 0 Å². The number of aliphatic hydroxyl groups excluding tert-OH is 1. The van der Waals surface area contributed by atoms with E-state index in [0.29, 0.717) is 13.0 Å². The molecule has 1 aliphatic heterocycles. The van der Waals surface area contributed by atoms with Crippen molar-refractivity contribution in [2.45, 2.75) is 25.8 Å². The molecule has 0 aliphatic carbocycles. The molecule has 1 saturated heterocycles. The fourth-order valence-electron chi connectivity index (χ4n) is 4.15. The Balaban J connectivity index is 1.92. The highest BCUT2D eigenvalue weighted by atomic mass is 16.6. The maximum atomic E-state index is 13.1. The van der Waals surface area contributed by atoms with E-state index in [-0.39, 0.29) is 22.6 Å². The average Bonchev–Trinajstić information content (AvgIpc) is 3.06. The minimum absolute atomic E-state index is 0.00342. The van der Waals surface area contributed by atoms with Gasteiger partial charge in [-0.1, -0.05) is 55.8 Å². The minimum Gasteiger partial charge on any atom is -0.507 e. The maximum absolute atomic E-state index is 13.1. The van der Waals surface area contributed by atoms with E-state index in [4.69, 9.17) is 0 Å². The number of likely N-dealkylation sites (tertiary alicyclic amines) is 1. The van der Waals surface area contributed by atoms with Gasteiger partial charge in [0.05, 0.1) is 16.5 Å². The number of aliphatic hydroxyl groups is 1. The van der Waals surface area contributed by atoms with Gasteiger partial charge >= 0.3 is 0 Å². The van der Waals surface area contributed by atoms with Gasteiger partial charge in [-0.3, -0.25) is 19.7 Å². The van der Waals surface area contributed by atoms with E-state index >= 15 is 0 Å². The molecule has 1 aliphatic rings. The zero-order valence-corrected chi connectivity index (χ0v) is 17.5. The second-order valence-electron chi connectivity index (χ2n) is 7.72. The highest BCUT2D eigenvalue weighted by molar-refractivity contribution is 6.46. The number of nitro benzene ring substituents is 1. The number of nitro groups is 1. The van der Waals surface area contributed by atoms with E-state index in [1.165, 1.54) is 29.2 Å². The van der Waals surface area contributed by atoms with Gasteiger partial charge in [-0.05, 0) is 34.9 Å². The Morgan fingerprint density at radius 3 is 2.41 bits per heavy atom. The molecule has 1 heterocycles. The quantitative estimate of drug-likeness (QED) is 0.196. The Morgan fingerprint density at radius 1 is 1.03 bits per heavy atom. The van der Waals surface area contributed by atoms with E-state index < -0.39 is 22.7 Å². The van der Waals surface area contributed by atoms with Gasteiger partial charge in [0, 0.05) is 24.2 Å². The first kappa shape index (κ1) is 21.2. The molecular formula is C25H22N2O5. The van der Waals surface area contributed by atoms with Crippen LogP contribution in [0.25, 0.3) is 16.5 Å². The zero-order chi connectivity index (χ0) is 22.8. The molecular weight excluding hydrogens is 408 g/mol. The molecule has 162 valence electrons. The number of ketones is 1. The first-order valence-corrected chi connectivity index (χ1v) is 10.4. The van der Waals surface area contributed by atoms with Crippen molar-refractivity contribution >= 4 is 33.9 Å². The van der Waals surface area contributed by atoms with Gasteiger partial charge in [0.2, 0.25) is 0 Å². The number of unbranched alkanes of at least 4 members (excludes halogenated alkanes) is 1. The zero-order valence-electron chi connectivity index (χ0n) is 17.5. The van der Waals surface area contributed by atoms with Crippen LogP contribution in [0.5, 0.6) is 0 Å². The molecule has 3 aromatic rings. The minimum atomic E-state index is -0.755. The molecule has 1 amide bonds. The first-order chi connectivity index (χ1) is 15.4. The topological polar surface area (TPSA) is 101 Å². The van der Waals surface area contributed by atoms with E-state index in [9.17, 15) is 24.8 Å². The third-order valence-corrected chi connectivity index (χ3v) is 5.76. The van der Waals surface area contributed by atoms with Crippen LogP contribution in [0, 0.1) is 10.1 Å². The predicted octanol–water partition coefficient (Wildman–Crippen LogP) is 4.97. The molecule has 0 spiro atoms. The molecule has 3 aromatic carbocycles. The number of non-ortho nitro benzene ring substituents is 1. The number of hydrogen-bond donors (Lipinski definition) is 1. The highest BCUT2D eigenvalue weighted by Crippen LogP contribution is 2.42. The summed E-state index contributed by atoms with van der Waals surface area (Å²) in [6.45, 7) is 2.38. The van der Waals surface area contributed by atoms with Crippen LogP contribution in [0.3, 0.4) is 0 Å². The number of benzene rings is 3. The largest absolute Gasteiger partial charge is 0.507 e. The Morgan fingerprint density at radius 2 is 1.72 bits per heavy atom. The lowest BCUT2D eigenvalue weighted by atomic mass is 9.91. The van der Waals surface area contributed by atoms with Gasteiger partial charge in [0.1, 0.15) is 5.76 Å². The number of fused-ring (bicyclic) bond motifs is 1. The van der Waals surface area contributed by atoms with Gasteiger partial charge in [0.25, 0.3) is 17.4 Å². The van der Waals surface area contributed by atoms with Crippen LogP contribution in [0.4, 0.5) is 5.69 Å². The smallest absolute Gasteiger partial charge is 0.295 e. The standard InChI is InChI=1S/C25H22N2O5/c1-2-3-15-26-22(20-10-6-8-16-7-4-5-9-19(16)20)21(24(29)25(26)30)23(28)17-11-13-18(14-12-17)27(31)32/h4-14,22,28H,2-3,15H2,1H3/b23-21-. The summed E-state index contributed by atoms with van der Waals surface area (Å²) < 4.78 is 0. The Kier molecular flexibility index (Phi) is 5.73. The van der Waals surface area contributed by atoms with Crippen LogP contribution in [-0.4, -0.2) is 33.2 Å². The number of rotatable bonds is 6. The van der Waals surface area contributed by atoms with Crippen molar-refractivity contribution < 1.29 is 19.6 Å². The van der Waals surface area contributed by atoms with E-state index in [1.807, 2.05) is 49.4 Å². The summed E-state index contributed by atoms with van der Waals surface area (Å²) in [6.07, 6.45) is 1.56. The molecule has 1 atom stereocenters. The van der Waals surface area contributed by atoms with Crippen LogP contribution >= 0.6 is 0 Å². The van der Waals surface area contributed by atoms with Crippen molar-refractivity contribution in [1.29, 1.82) is 0 Å². The van der Waals surface area contributed by atoms with E-state index in [0.717, 1.165) is 22.8 Å². The van der Waals surface area contributed by atoms with Crippen molar-refractivity contribution in [1.82, 2.24) is 4.90 Å². The van der Waals surface area contributed by atoms with Gasteiger partial charge in [-0.2, -0.15) is 0 Å². The monoisotopic (exact) mass is 430 g/mol. The third kappa shape index (κ3) is 3.62. The van der Waals surface area contributed by atoms with Gasteiger partial charge in [-0.15, -0.1) is 0 Å². The molecule has 1 fully saturated rings. The van der Waals surface area contributed by atoms with Crippen molar-refractivity contribution in [3.63, 3.8) is 0 Å². The van der Waals surface area contributed by atoms with Crippen molar-refractivity contribution in [3.05, 3.63) is 93.5 Å². The van der Waals surface area contributed by atoms with Crippen LogP contribution in [0.1, 0.15) is 36.9 Å². The molecule has 7 heteroatoms. The second-order valence-corrected chi connectivity index (χ2v) is 7.72. The Labute approximate surface area is 184 Å². The predicted molar refractivity (Wildman–Crippen MR) is 121 cm³/mol. The van der Waals surface area contributed by atoms with Crippen LogP contribution < -0.4 is 0 Å². The van der Waals surface area contributed by atoms with Gasteiger partial charge < -0.3 is 10.0 Å². The molecule has 0 radical (unpaired) electrons. The van der Waals surface area contributed by atoms with Crippen molar-refractivity contribution in [3.8, 4) is 0 Å². The summed E-state index contributed by atoms with van der Waals surface area (Å²) in [5.41, 5.74) is 0.864. The summed E-state index contributed by atoms with van der Waals surface area (Å²) in [5.74, 6) is -1.75. The molecule has 7 nitrogen and oxygen atoms in total. The summed E-state index contributed by atoms with van der Waals surface area (Å²) in [4.78, 5) is 38.0. The van der Waals surface area contributed by atoms with Crippen molar-refractivity contribution in [2.24, 2.45) is 0 Å². The molecule has 0 saturated carbocycles. The molecule has 0 aromatic heterocycles.